The molecule has 1 aliphatic carbocycles. The molecular weight excluding hydrogens is 342 g/mol. The van der Waals surface area contributed by atoms with Gasteiger partial charge in [0, 0.05) is 25.4 Å². The Bertz CT molecular complexity index is 362. The predicted octanol–water partition coefficient (Wildman–Crippen LogP) is 2.26. The molecule has 2 aliphatic heterocycles. The Balaban J connectivity index is 1.77. The minimum absolute atomic E-state index is 0.108. The van der Waals surface area contributed by atoms with E-state index in [1.165, 1.54) is 12.8 Å². The molecule has 116 valence electrons. The molecule has 0 aromatic carbocycles. The molecule has 3 aliphatic rings. The van der Waals surface area contributed by atoms with Gasteiger partial charge in [0.25, 0.3) is 0 Å². The van der Waals surface area contributed by atoms with Crippen LogP contribution in [0.5, 0.6) is 0 Å². The van der Waals surface area contributed by atoms with Gasteiger partial charge in [-0.15, -0.1) is 11.6 Å². The van der Waals surface area contributed by atoms with Gasteiger partial charge < -0.3 is 14.8 Å². The second kappa shape index (κ2) is 5.69. The summed E-state index contributed by atoms with van der Waals surface area (Å²) in [5, 5.41) is 2.59. The zero-order valence-electron chi connectivity index (χ0n) is 12.5. The van der Waals surface area contributed by atoms with Crippen molar-refractivity contribution in [3.05, 3.63) is 0 Å². The van der Waals surface area contributed by atoms with E-state index in [0.717, 1.165) is 12.8 Å². The minimum atomic E-state index is -0.450. The number of ether oxygens (including phenoxy) is 2. The Morgan fingerprint density at radius 1 is 1.30 bits per heavy atom. The van der Waals surface area contributed by atoms with Gasteiger partial charge in [-0.3, -0.25) is 0 Å². The summed E-state index contributed by atoms with van der Waals surface area (Å²) in [7, 11) is 1.84. The molecule has 1 saturated carbocycles. The summed E-state index contributed by atoms with van der Waals surface area (Å²) < 4.78 is 11.6. The summed E-state index contributed by atoms with van der Waals surface area (Å²) >= 11 is 10.0. The maximum Gasteiger partial charge on any atom is 0.122 e. The van der Waals surface area contributed by atoms with Gasteiger partial charge in [0.05, 0.1) is 30.4 Å². The van der Waals surface area contributed by atoms with Gasteiger partial charge in [-0.2, -0.15) is 0 Å². The molecule has 2 saturated heterocycles. The van der Waals surface area contributed by atoms with Crippen molar-refractivity contribution in [1.82, 2.24) is 0 Å². The van der Waals surface area contributed by atoms with E-state index in [1.54, 1.807) is 0 Å². The number of quaternary nitrogens is 1. The van der Waals surface area contributed by atoms with Crippen LogP contribution in [0.4, 0.5) is 0 Å². The lowest BCUT2D eigenvalue weighted by molar-refractivity contribution is -0.745. The van der Waals surface area contributed by atoms with Crippen LogP contribution in [0.2, 0.25) is 0 Å². The van der Waals surface area contributed by atoms with Crippen LogP contribution in [0.3, 0.4) is 0 Å². The topological polar surface area (TPSA) is 35.1 Å². The van der Waals surface area contributed by atoms with E-state index < -0.39 is 3.78 Å². The number of alkyl halides is 2. The van der Waals surface area contributed by atoms with Crippen molar-refractivity contribution in [2.24, 2.45) is 11.8 Å². The molecule has 2 heterocycles. The fourth-order valence-electron chi connectivity index (χ4n) is 4.54. The largest absolute Gasteiger partial charge is 0.381 e. The molecule has 3 rings (SSSR count). The fraction of sp³-hybridized carbons (Fsp3) is 1.00. The Labute approximate surface area is 135 Å². The highest BCUT2D eigenvalue weighted by molar-refractivity contribution is 9.10. The van der Waals surface area contributed by atoms with Crippen LogP contribution < -0.4 is 5.32 Å². The molecule has 5 heteroatoms. The molecule has 0 aromatic heterocycles. The standard InChI is InChI=1S/C15H25BrClNO2/c1-8-10-7-13(15(2,16)17)20-14(10)11-6-9(19-3)4-5-12(11)18-8/h8-14,18H,4-7H2,1-3H3/p+1/t8?,9?,10?,11?,12?,13-,14?,15+/m1/s1. The molecule has 3 nitrogen and oxygen atoms in total. The number of rotatable bonds is 2. The van der Waals surface area contributed by atoms with Gasteiger partial charge in [0.1, 0.15) is 3.78 Å². The predicted molar refractivity (Wildman–Crippen MR) is 83.3 cm³/mol. The second-order valence-corrected chi connectivity index (χ2v) is 9.88. The van der Waals surface area contributed by atoms with Crippen molar-refractivity contribution in [2.45, 2.75) is 73.7 Å². The van der Waals surface area contributed by atoms with Gasteiger partial charge >= 0.3 is 0 Å². The van der Waals surface area contributed by atoms with Crippen molar-refractivity contribution >= 4 is 27.5 Å². The summed E-state index contributed by atoms with van der Waals surface area (Å²) in [6.07, 6.45) is 5.52. The molecular formula is C15H26BrClNO2+. The summed E-state index contributed by atoms with van der Waals surface area (Å²) in [5.74, 6) is 1.24. The zero-order chi connectivity index (χ0) is 14.5. The van der Waals surface area contributed by atoms with Crippen LogP contribution in [0, 0.1) is 11.8 Å². The van der Waals surface area contributed by atoms with E-state index in [4.69, 9.17) is 21.1 Å². The Morgan fingerprint density at radius 2 is 2.05 bits per heavy atom. The summed E-state index contributed by atoms with van der Waals surface area (Å²) in [4.78, 5) is 0. The van der Waals surface area contributed by atoms with E-state index in [-0.39, 0.29) is 6.10 Å². The van der Waals surface area contributed by atoms with Gasteiger partial charge in [-0.05, 0) is 33.1 Å². The number of fused-ring (bicyclic) bond motifs is 3. The van der Waals surface area contributed by atoms with Crippen LogP contribution in [0.1, 0.15) is 39.5 Å². The number of piperidine rings is 1. The monoisotopic (exact) mass is 366 g/mol. The van der Waals surface area contributed by atoms with Crippen LogP contribution >= 0.6 is 27.5 Å². The molecule has 0 aromatic rings. The average molecular weight is 368 g/mol. The zero-order valence-corrected chi connectivity index (χ0v) is 14.9. The van der Waals surface area contributed by atoms with Gasteiger partial charge in [0.15, 0.2) is 0 Å². The SMILES string of the molecule is COC1CCC2[NH2+]C(C)C3C[C@H]([C@](C)(Cl)Br)OC3C2C1. The Kier molecular flexibility index (Phi) is 4.42. The maximum atomic E-state index is 6.44. The van der Waals surface area contributed by atoms with E-state index in [9.17, 15) is 0 Å². The van der Waals surface area contributed by atoms with Gasteiger partial charge in [0.2, 0.25) is 0 Å². The summed E-state index contributed by atoms with van der Waals surface area (Å²) in [6, 6.07) is 1.34. The smallest absolute Gasteiger partial charge is 0.122 e. The third kappa shape index (κ3) is 2.79. The lowest BCUT2D eigenvalue weighted by Crippen LogP contribution is -3.00. The first-order valence-electron chi connectivity index (χ1n) is 7.81. The van der Waals surface area contributed by atoms with Crippen LogP contribution in [-0.2, 0) is 9.47 Å². The first-order chi connectivity index (χ1) is 9.40. The lowest BCUT2D eigenvalue weighted by atomic mass is 9.70. The van der Waals surface area contributed by atoms with Crippen LogP contribution in [0.25, 0.3) is 0 Å². The number of halogens is 2. The summed E-state index contributed by atoms with van der Waals surface area (Å²) in [6.45, 7) is 4.35. The molecule has 0 amide bonds. The summed E-state index contributed by atoms with van der Waals surface area (Å²) in [5.41, 5.74) is 0. The molecule has 0 radical (unpaired) electrons. The second-order valence-electron chi connectivity index (χ2n) is 7.00. The highest BCUT2D eigenvalue weighted by Crippen LogP contribution is 2.46. The molecule has 0 bridgehead atoms. The highest BCUT2D eigenvalue weighted by atomic mass is 79.9. The molecule has 6 unspecified atom stereocenters. The maximum absolute atomic E-state index is 6.44. The van der Waals surface area contributed by atoms with Crippen LogP contribution in [0.15, 0.2) is 0 Å². The molecule has 0 spiro atoms. The number of hydrogen-bond donors (Lipinski definition) is 1. The lowest BCUT2D eigenvalue weighted by Gasteiger charge is -2.44. The van der Waals surface area contributed by atoms with Crippen molar-refractivity contribution < 1.29 is 14.8 Å². The number of methoxy groups -OCH3 is 1. The van der Waals surface area contributed by atoms with E-state index >= 15 is 0 Å². The third-order valence-corrected chi connectivity index (χ3v) is 6.44. The van der Waals surface area contributed by atoms with E-state index in [0.29, 0.717) is 36.1 Å². The molecule has 3 fully saturated rings. The average Bonchev–Trinajstić information content (AvgIpc) is 2.84. The van der Waals surface area contributed by atoms with Crippen molar-refractivity contribution in [2.75, 3.05) is 7.11 Å². The Morgan fingerprint density at radius 3 is 2.70 bits per heavy atom. The number of hydrogen-bond acceptors (Lipinski definition) is 2. The van der Waals surface area contributed by atoms with Crippen LogP contribution in [-0.4, -0.2) is 41.3 Å². The molecule has 2 N–H and O–H groups in total. The molecule has 20 heavy (non-hydrogen) atoms. The van der Waals surface area contributed by atoms with E-state index in [1.807, 2.05) is 14.0 Å². The van der Waals surface area contributed by atoms with E-state index in [2.05, 4.69) is 28.2 Å². The first-order valence-corrected chi connectivity index (χ1v) is 8.98. The van der Waals surface area contributed by atoms with Gasteiger partial charge in [-0.1, -0.05) is 15.9 Å². The molecule has 8 atom stereocenters. The Hall–Kier alpha value is 0.650. The highest BCUT2D eigenvalue weighted by Gasteiger charge is 2.55. The van der Waals surface area contributed by atoms with Gasteiger partial charge in [-0.25, -0.2) is 0 Å². The van der Waals surface area contributed by atoms with Crippen molar-refractivity contribution in [3.63, 3.8) is 0 Å². The fourth-order valence-corrected chi connectivity index (χ4v) is 4.97. The van der Waals surface area contributed by atoms with Crippen molar-refractivity contribution in [1.29, 1.82) is 0 Å². The quantitative estimate of drug-likeness (QED) is 0.760. The normalized spacial score (nSPS) is 51.1. The third-order valence-electron chi connectivity index (χ3n) is 5.68. The first kappa shape index (κ1) is 15.5. The van der Waals surface area contributed by atoms with Crippen molar-refractivity contribution in [3.8, 4) is 0 Å². The minimum Gasteiger partial charge on any atom is -0.381 e. The number of nitrogens with two attached hydrogens (primary N) is 1.